The number of methoxy groups -OCH3 is 1. The molecule has 1 fully saturated rings. The summed E-state index contributed by atoms with van der Waals surface area (Å²) in [6.07, 6.45) is 2.30. The van der Waals surface area contributed by atoms with Crippen molar-refractivity contribution in [3.63, 3.8) is 0 Å². The molecule has 1 atom stereocenters. The van der Waals surface area contributed by atoms with E-state index >= 15 is 0 Å². The minimum atomic E-state index is -0.968. The van der Waals surface area contributed by atoms with E-state index < -0.39 is 17.7 Å². The molecule has 0 bridgehead atoms. The van der Waals surface area contributed by atoms with Gasteiger partial charge in [0.25, 0.3) is 11.7 Å². The number of anilines is 1. The van der Waals surface area contributed by atoms with E-state index in [1.165, 1.54) is 18.3 Å². The fourth-order valence-electron chi connectivity index (χ4n) is 4.26. The summed E-state index contributed by atoms with van der Waals surface area (Å²) in [5.74, 6) is -0.581. The van der Waals surface area contributed by atoms with Crippen LogP contribution in [0.4, 0.5) is 5.69 Å². The molecular weight excluding hydrogens is 458 g/mol. The first kappa shape index (κ1) is 25.1. The highest BCUT2D eigenvalue weighted by Gasteiger charge is 2.48. The normalized spacial score (nSPS) is 17.5. The molecule has 3 aromatic rings. The molecule has 1 aliphatic rings. The Morgan fingerprint density at radius 3 is 2.50 bits per heavy atom. The number of furan rings is 1. The molecule has 1 aromatic heterocycles. The number of hydrogen-bond acceptors (Lipinski definition) is 6. The van der Waals surface area contributed by atoms with Crippen molar-refractivity contribution in [2.45, 2.75) is 45.6 Å². The predicted octanol–water partition coefficient (Wildman–Crippen LogP) is 6.00. The van der Waals surface area contributed by atoms with Crippen LogP contribution >= 0.6 is 0 Å². The molecular formula is C29H31NO6. The molecule has 0 spiro atoms. The van der Waals surface area contributed by atoms with Crippen molar-refractivity contribution in [3.05, 3.63) is 83.3 Å². The predicted molar refractivity (Wildman–Crippen MR) is 137 cm³/mol. The van der Waals surface area contributed by atoms with Crippen LogP contribution in [0.25, 0.3) is 5.76 Å². The number of ether oxygens (including phenoxy) is 2. The summed E-state index contributed by atoms with van der Waals surface area (Å²) in [6.45, 7) is 8.67. The van der Waals surface area contributed by atoms with Crippen LogP contribution in [0.1, 0.15) is 57.0 Å². The number of rotatable bonds is 7. The zero-order chi connectivity index (χ0) is 26.0. The van der Waals surface area contributed by atoms with Crippen LogP contribution in [0.15, 0.2) is 70.9 Å². The average molecular weight is 490 g/mol. The van der Waals surface area contributed by atoms with Crippen LogP contribution < -0.4 is 14.4 Å². The van der Waals surface area contributed by atoms with Gasteiger partial charge in [-0.25, -0.2) is 0 Å². The van der Waals surface area contributed by atoms with Crippen molar-refractivity contribution in [1.29, 1.82) is 0 Å². The number of aliphatic hydroxyl groups is 1. The Hall–Kier alpha value is -4.00. The summed E-state index contributed by atoms with van der Waals surface area (Å²) in [5.41, 5.74) is 1.45. The maximum Gasteiger partial charge on any atom is 0.300 e. The zero-order valence-electron chi connectivity index (χ0n) is 21.2. The van der Waals surface area contributed by atoms with Gasteiger partial charge in [0.1, 0.15) is 29.1 Å². The quantitative estimate of drug-likeness (QED) is 0.249. The van der Waals surface area contributed by atoms with Crippen LogP contribution in [-0.4, -0.2) is 30.5 Å². The van der Waals surface area contributed by atoms with Crippen LogP contribution in [0.2, 0.25) is 0 Å². The van der Waals surface area contributed by atoms with E-state index in [1.54, 1.807) is 48.5 Å². The number of carbonyl (C=O) groups is 2. The topological polar surface area (TPSA) is 89.2 Å². The summed E-state index contributed by atoms with van der Waals surface area (Å²) >= 11 is 0. The minimum Gasteiger partial charge on any atom is -0.507 e. The van der Waals surface area contributed by atoms with Crippen LogP contribution in [0, 0.1) is 0 Å². The second-order valence-electron chi connectivity index (χ2n) is 9.70. The van der Waals surface area contributed by atoms with E-state index in [0.29, 0.717) is 35.1 Å². The highest BCUT2D eigenvalue weighted by atomic mass is 16.5. The summed E-state index contributed by atoms with van der Waals surface area (Å²) in [7, 11) is 1.49. The van der Waals surface area contributed by atoms with Gasteiger partial charge < -0.3 is 19.0 Å². The lowest BCUT2D eigenvalue weighted by molar-refractivity contribution is -0.132. The molecule has 1 N–H and O–H groups in total. The standard InChI is InChI=1S/C29H31NO6/c1-6-14-35-20-10-7-9-19(17-20)30-25(23-11-8-15-36-23)24(27(32)28(30)33)26(31)21-16-18(29(2,3)4)12-13-22(21)34-5/h7-13,15-17,25,31H,6,14H2,1-5H3/b26-24+. The molecule has 0 radical (unpaired) electrons. The number of hydrogen-bond donors (Lipinski definition) is 1. The van der Waals surface area contributed by atoms with Gasteiger partial charge in [0.2, 0.25) is 0 Å². The SMILES string of the molecule is CCCOc1cccc(N2C(=O)C(=O)/C(=C(/O)c3cc(C(C)(C)C)ccc3OC)C2c2ccco2)c1. The molecule has 7 nitrogen and oxygen atoms in total. The Kier molecular flexibility index (Phi) is 6.93. The molecule has 1 amide bonds. The van der Waals surface area contributed by atoms with E-state index in [4.69, 9.17) is 13.9 Å². The van der Waals surface area contributed by atoms with Gasteiger partial charge in [0.15, 0.2) is 0 Å². The Morgan fingerprint density at radius 1 is 1.08 bits per heavy atom. The summed E-state index contributed by atoms with van der Waals surface area (Å²) in [5, 5.41) is 11.5. The van der Waals surface area contributed by atoms with E-state index in [-0.39, 0.29) is 16.7 Å². The van der Waals surface area contributed by atoms with E-state index in [0.717, 1.165) is 12.0 Å². The fourth-order valence-corrected chi connectivity index (χ4v) is 4.26. The molecule has 0 aliphatic carbocycles. The largest absolute Gasteiger partial charge is 0.507 e. The summed E-state index contributed by atoms with van der Waals surface area (Å²) in [4.78, 5) is 28.1. The Bertz CT molecular complexity index is 1300. The molecule has 188 valence electrons. The molecule has 1 saturated heterocycles. The van der Waals surface area contributed by atoms with Gasteiger partial charge in [-0.15, -0.1) is 0 Å². The van der Waals surface area contributed by atoms with Crippen LogP contribution in [-0.2, 0) is 15.0 Å². The number of nitrogens with zero attached hydrogens (tertiary/aromatic N) is 1. The van der Waals surface area contributed by atoms with E-state index in [1.807, 2.05) is 33.8 Å². The molecule has 7 heteroatoms. The lowest BCUT2D eigenvalue weighted by Crippen LogP contribution is -2.29. The van der Waals surface area contributed by atoms with Gasteiger partial charge in [-0.2, -0.15) is 0 Å². The average Bonchev–Trinajstić information content (AvgIpc) is 3.48. The molecule has 2 heterocycles. The highest BCUT2D eigenvalue weighted by molar-refractivity contribution is 6.51. The van der Waals surface area contributed by atoms with Gasteiger partial charge in [-0.05, 0) is 53.8 Å². The number of aliphatic hydroxyl groups excluding tert-OH is 1. The second-order valence-corrected chi connectivity index (χ2v) is 9.70. The van der Waals surface area contributed by atoms with Gasteiger partial charge in [0, 0.05) is 11.8 Å². The number of ketones is 1. The molecule has 2 aromatic carbocycles. The maximum atomic E-state index is 13.4. The molecule has 1 aliphatic heterocycles. The number of Topliss-reactive ketones (excluding diaryl/α,β-unsaturated/α-hetero) is 1. The number of amides is 1. The monoisotopic (exact) mass is 489 g/mol. The summed E-state index contributed by atoms with van der Waals surface area (Å²) < 4.78 is 16.9. The van der Waals surface area contributed by atoms with Gasteiger partial charge in [0.05, 0.1) is 31.1 Å². The lowest BCUT2D eigenvalue weighted by Gasteiger charge is -2.24. The zero-order valence-corrected chi connectivity index (χ0v) is 21.2. The van der Waals surface area contributed by atoms with Gasteiger partial charge in [-0.3, -0.25) is 14.5 Å². The first-order valence-corrected chi connectivity index (χ1v) is 11.9. The summed E-state index contributed by atoms with van der Waals surface area (Å²) in [6, 6.07) is 14.8. The Balaban J connectivity index is 1.91. The first-order valence-electron chi connectivity index (χ1n) is 11.9. The third kappa shape index (κ3) is 4.61. The smallest absolute Gasteiger partial charge is 0.300 e. The van der Waals surface area contributed by atoms with Crippen molar-refractivity contribution in [2.75, 3.05) is 18.6 Å². The minimum absolute atomic E-state index is 0.0702. The van der Waals surface area contributed by atoms with Gasteiger partial charge in [-0.1, -0.05) is 39.8 Å². The van der Waals surface area contributed by atoms with E-state index in [2.05, 4.69) is 0 Å². The third-order valence-electron chi connectivity index (χ3n) is 6.15. The van der Waals surface area contributed by atoms with Crippen LogP contribution in [0.5, 0.6) is 11.5 Å². The first-order chi connectivity index (χ1) is 17.2. The number of carbonyl (C=O) groups excluding carboxylic acids is 2. The van der Waals surface area contributed by atoms with Gasteiger partial charge >= 0.3 is 0 Å². The van der Waals surface area contributed by atoms with E-state index in [9.17, 15) is 14.7 Å². The fraction of sp³-hybridized carbons (Fsp3) is 0.310. The molecule has 1 unspecified atom stereocenters. The Morgan fingerprint density at radius 2 is 1.86 bits per heavy atom. The van der Waals surface area contributed by atoms with Crippen LogP contribution in [0.3, 0.4) is 0 Å². The van der Waals surface area contributed by atoms with Crippen molar-refractivity contribution in [3.8, 4) is 11.5 Å². The maximum absolute atomic E-state index is 13.4. The van der Waals surface area contributed by atoms with Crippen molar-refractivity contribution in [1.82, 2.24) is 0 Å². The second kappa shape index (κ2) is 9.93. The Labute approximate surface area is 210 Å². The molecule has 36 heavy (non-hydrogen) atoms. The molecule has 0 saturated carbocycles. The lowest BCUT2D eigenvalue weighted by atomic mass is 9.85. The van der Waals surface area contributed by atoms with Crippen molar-refractivity contribution >= 4 is 23.1 Å². The van der Waals surface area contributed by atoms with Crippen molar-refractivity contribution < 1.29 is 28.6 Å². The van der Waals surface area contributed by atoms with Crippen molar-refractivity contribution in [2.24, 2.45) is 0 Å². The highest BCUT2D eigenvalue weighted by Crippen LogP contribution is 2.44. The molecule has 4 rings (SSSR count). The number of benzene rings is 2. The third-order valence-corrected chi connectivity index (χ3v) is 6.15.